The van der Waals surface area contributed by atoms with E-state index in [-0.39, 0.29) is 11.6 Å². The quantitative estimate of drug-likeness (QED) is 0.841. The first-order valence-corrected chi connectivity index (χ1v) is 6.35. The highest BCUT2D eigenvalue weighted by Gasteiger charge is 2.03. The van der Waals surface area contributed by atoms with Crippen molar-refractivity contribution in [2.45, 2.75) is 25.7 Å². The lowest BCUT2D eigenvalue weighted by atomic mass is 10.0. The zero-order valence-corrected chi connectivity index (χ0v) is 10.6. The van der Waals surface area contributed by atoms with Gasteiger partial charge in [-0.2, -0.15) is 0 Å². The number of hydrogen-bond donors (Lipinski definition) is 1. The molecule has 2 rings (SSSR count). The number of aryl methyl sites for hydroxylation is 1. The number of benzene rings is 1. The van der Waals surface area contributed by atoms with Gasteiger partial charge < -0.3 is 5.11 Å². The minimum absolute atomic E-state index is 0.223. The maximum atomic E-state index is 13.2. The molecule has 0 amide bonds. The molecule has 3 heteroatoms. The molecule has 1 nitrogen and oxygen atoms in total. The van der Waals surface area contributed by atoms with Crippen molar-refractivity contribution in [3.8, 4) is 5.75 Å². The van der Waals surface area contributed by atoms with Gasteiger partial charge >= 0.3 is 0 Å². The molecule has 0 radical (unpaired) electrons. The topological polar surface area (TPSA) is 20.2 Å². The van der Waals surface area contributed by atoms with Crippen LogP contribution in [0.1, 0.15) is 24.8 Å². The van der Waals surface area contributed by atoms with Crippen LogP contribution in [-0.4, -0.2) is 5.11 Å². The largest absolute Gasteiger partial charge is 0.505 e. The van der Waals surface area contributed by atoms with Gasteiger partial charge in [0.2, 0.25) is 0 Å². The molecule has 19 heavy (non-hydrogen) atoms. The summed E-state index contributed by atoms with van der Waals surface area (Å²) in [5, 5.41) is 9.09. The number of phenols is 1. The fraction of sp³-hybridized carbons (Fsp3) is 0.250. The molecule has 0 atom stereocenters. The zero-order valence-electron chi connectivity index (χ0n) is 10.6. The van der Waals surface area contributed by atoms with Gasteiger partial charge in [0.15, 0.2) is 11.6 Å². The van der Waals surface area contributed by atoms with Crippen LogP contribution in [0.15, 0.2) is 53.9 Å². The molecular weight excluding hydrogens is 246 g/mol. The third-order valence-electron chi connectivity index (χ3n) is 3.06. The van der Waals surface area contributed by atoms with Crippen LogP contribution >= 0.6 is 0 Å². The van der Waals surface area contributed by atoms with Crippen molar-refractivity contribution in [3.05, 3.63) is 65.3 Å². The van der Waals surface area contributed by atoms with Crippen LogP contribution < -0.4 is 0 Å². The highest BCUT2D eigenvalue weighted by Crippen LogP contribution is 2.20. The highest BCUT2D eigenvalue weighted by atomic mass is 19.1. The van der Waals surface area contributed by atoms with Crippen LogP contribution in [0, 0.1) is 5.82 Å². The first-order chi connectivity index (χ1) is 9.15. The Labute approximate surface area is 111 Å². The number of aromatic hydroxyl groups is 1. The predicted octanol–water partition coefficient (Wildman–Crippen LogP) is 4.59. The first-order valence-electron chi connectivity index (χ1n) is 6.35. The number of halogens is 2. The molecule has 0 fully saturated rings. The minimum atomic E-state index is -0.596. The second-order valence-corrected chi connectivity index (χ2v) is 4.59. The molecule has 0 aromatic heterocycles. The van der Waals surface area contributed by atoms with E-state index in [9.17, 15) is 8.78 Å². The number of hydrogen-bond acceptors (Lipinski definition) is 1. The molecule has 0 spiro atoms. The molecule has 0 bridgehead atoms. The monoisotopic (exact) mass is 262 g/mol. The average Bonchev–Trinajstić information content (AvgIpc) is 2.58. The van der Waals surface area contributed by atoms with Crippen LogP contribution in [-0.2, 0) is 6.42 Å². The van der Waals surface area contributed by atoms with E-state index < -0.39 is 5.82 Å². The molecule has 100 valence electrons. The van der Waals surface area contributed by atoms with E-state index >= 15 is 0 Å². The third kappa shape index (κ3) is 4.05. The van der Waals surface area contributed by atoms with Crippen molar-refractivity contribution in [2.75, 3.05) is 0 Å². The average molecular weight is 262 g/mol. The molecule has 0 unspecified atom stereocenters. The van der Waals surface area contributed by atoms with Crippen molar-refractivity contribution in [2.24, 2.45) is 0 Å². The second-order valence-electron chi connectivity index (χ2n) is 4.59. The smallest absolute Gasteiger partial charge is 0.165 e. The fourth-order valence-corrected chi connectivity index (χ4v) is 2.06. The summed E-state index contributed by atoms with van der Waals surface area (Å²) in [4.78, 5) is 0. The molecule has 0 aliphatic heterocycles. The lowest BCUT2D eigenvalue weighted by Gasteiger charge is -2.04. The maximum Gasteiger partial charge on any atom is 0.165 e. The SMILES string of the molecule is Oc1ccc(CCCC2=CCC=CC(F)=C2)cc1F. The van der Waals surface area contributed by atoms with Crippen molar-refractivity contribution in [3.63, 3.8) is 0 Å². The lowest BCUT2D eigenvalue weighted by Crippen LogP contribution is -1.89. The van der Waals surface area contributed by atoms with Gasteiger partial charge in [-0.15, -0.1) is 0 Å². The number of rotatable bonds is 4. The Morgan fingerprint density at radius 2 is 2.00 bits per heavy atom. The standard InChI is InChI=1S/C16H16F2O/c17-14-7-2-1-4-12(10-14)5-3-6-13-8-9-16(19)15(18)11-13/h2,4,7-11,19H,1,3,5-6H2. The van der Waals surface area contributed by atoms with Gasteiger partial charge in [0.1, 0.15) is 5.83 Å². The number of phenolic OH excluding ortho intramolecular Hbond substituents is 1. The molecule has 1 aliphatic rings. The zero-order chi connectivity index (χ0) is 13.7. The Balaban J connectivity index is 1.88. The summed E-state index contributed by atoms with van der Waals surface area (Å²) in [5.41, 5.74) is 1.81. The molecule has 1 aliphatic carbocycles. The molecule has 1 aromatic carbocycles. The van der Waals surface area contributed by atoms with Gasteiger partial charge in [0.05, 0.1) is 0 Å². The summed E-state index contributed by atoms with van der Waals surface area (Å²) in [7, 11) is 0. The van der Waals surface area contributed by atoms with Gasteiger partial charge in [-0.3, -0.25) is 0 Å². The van der Waals surface area contributed by atoms with Gasteiger partial charge in [-0.25, -0.2) is 8.78 Å². The van der Waals surface area contributed by atoms with E-state index in [2.05, 4.69) is 0 Å². The predicted molar refractivity (Wildman–Crippen MR) is 72.0 cm³/mol. The molecular formula is C16H16F2O. The van der Waals surface area contributed by atoms with E-state index in [4.69, 9.17) is 5.11 Å². The van der Waals surface area contributed by atoms with Gasteiger partial charge in [0.25, 0.3) is 0 Å². The molecule has 0 saturated heterocycles. The first kappa shape index (κ1) is 13.5. The minimum Gasteiger partial charge on any atom is -0.505 e. The normalized spacial score (nSPS) is 14.8. The van der Waals surface area contributed by atoms with Crippen LogP contribution in [0.5, 0.6) is 5.75 Å². The Morgan fingerprint density at radius 3 is 2.79 bits per heavy atom. The summed E-state index contributed by atoms with van der Waals surface area (Å²) in [6.07, 6.45) is 9.83. The van der Waals surface area contributed by atoms with Crippen molar-refractivity contribution < 1.29 is 13.9 Å². The van der Waals surface area contributed by atoms with E-state index in [0.717, 1.165) is 30.4 Å². The molecule has 0 saturated carbocycles. The fourth-order valence-electron chi connectivity index (χ4n) is 2.06. The Bertz CT molecular complexity index is 542. The van der Waals surface area contributed by atoms with E-state index in [1.807, 2.05) is 6.08 Å². The van der Waals surface area contributed by atoms with Gasteiger partial charge in [-0.1, -0.05) is 18.2 Å². The molecule has 1 aromatic rings. The van der Waals surface area contributed by atoms with E-state index in [1.54, 1.807) is 18.2 Å². The van der Waals surface area contributed by atoms with Crippen LogP contribution in [0.4, 0.5) is 8.78 Å². The highest BCUT2D eigenvalue weighted by molar-refractivity contribution is 5.31. The molecule has 1 N–H and O–H groups in total. The summed E-state index contributed by atoms with van der Waals surface area (Å²) in [6, 6.07) is 4.41. The van der Waals surface area contributed by atoms with E-state index in [0.29, 0.717) is 6.42 Å². The lowest BCUT2D eigenvalue weighted by molar-refractivity contribution is 0.431. The Morgan fingerprint density at radius 1 is 1.16 bits per heavy atom. The maximum absolute atomic E-state index is 13.2. The third-order valence-corrected chi connectivity index (χ3v) is 3.06. The molecule has 0 heterocycles. The number of allylic oxidation sites excluding steroid dienone is 6. The summed E-state index contributed by atoms with van der Waals surface area (Å²) < 4.78 is 26.3. The van der Waals surface area contributed by atoms with Gasteiger partial charge in [0, 0.05) is 0 Å². The Hall–Kier alpha value is -1.90. The van der Waals surface area contributed by atoms with Crippen molar-refractivity contribution in [1.29, 1.82) is 0 Å². The summed E-state index contributed by atoms with van der Waals surface area (Å²) in [5.74, 6) is -1.15. The Kier molecular flexibility index (Phi) is 4.50. The van der Waals surface area contributed by atoms with Crippen LogP contribution in [0.25, 0.3) is 0 Å². The van der Waals surface area contributed by atoms with Crippen LogP contribution in [0.2, 0.25) is 0 Å². The summed E-state index contributed by atoms with van der Waals surface area (Å²) in [6.45, 7) is 0. The van der Waals surface area contributed by atoms with Crippen molar-refractivity contribution in [1.82, 2.24) is 0 Å². The van der Waals surface area contributed by atoms with Crippen molar-refractivity contribution >= 4 is 0 Å². The summed E-state index contributed by atoms with van der Waals surface area (Å²) >= 11 is 0. The van der Waals surface area contributed by atoms with E-state index in [1.165, 1.54) is 18.2 Å². The van der Waals surface area contributed by atoms with Crippen LogP contribution in [0.3, 0.4) is 0 Å². The van der Waals surface area contributed by atoms with Gasteiger partial charge in [-0.05, 0) is 61.1 Å². The second kappa shape index (κ2) is 6.32.